The molecule has 0 aliphatic carbocycles. The van der Waals surface area contributed by atoms with E-state index in [0.717, 1.165) is 32.7 Å². The fraction of sp³-hybridized carbons (Fsp3) is 0.200. The average molecular weight is 320 g/mol. The van der Waals surface area contributed by atoms with Crippen molar-refractivity contribution >= 4 is 33.0 Å². The highest BCUT2D eigenvalue weighted by Gasteiger charge is 2.18. The van der Waals surface area contributed by atoms with Gasteiger partial charge in [-0.1, -0.05) is 48.5 Å². The summed E-state index contributed by atoms with van der Waals surface area (Å²) in [5.74, 6) is 0. The lowest BCUT2D eigenvalue weighted by Crippen LogP contribution is -2.09. The quantitative estimate of drug-likeness (QED) is 0.414. The zero-order chi connectivity index (χ0) is 17.1. The molecule has 0 aromatic heterocycles. The fourth-order valence-electron chi connectivity index (χ4n) is 3.25. The Morgan fingerprint density at radius 3 is 1.17 bits per heavy atom. The van der Waals surface area contributed by atoms with Gasteiger partial charge in [-0.3, -0.25) is 0 Å². The highest BCUT2D eigenvalue weighted by molar-refractivity contribution is 6.27. The van der Waals surface area contributed by atoms with Gasteiger partial charge in [0.05, 0.1) is 0 Å². The maximum atomic E-state index is 9.25. The minimum absolute atomic E-state index is 0.0659. The fourth-order valence-corrected chi connectivity index (χ4v) is 3.25. The molecule has 0 amide bonds. The molecule has 3 aromatic carbocycles. The maximum absolute atomic E-state index is 9.25. The predicted octanol–water partition coefficient (Wildman–Crippen LogP) is 3.49. The summed E-state index contributed by atoms with van der Waals surface area (Å²) < 4.78 is 0. The number of hydrogen-bond acceptors (Lipinski definition) is 4. The van der Waals surface area contributed by atoms with Gasteiger partial charge in [0, 0.05) is 48.6 Å². The minimum Gasteiger partial charge on any atom is -0.396 e. The highest BCUT2D eigenvalue weighted by atomic mass is 16.3. The topological polar surface area (TPSA) is 88.2 Å². The molecule has 0 atom stereocenters. The van der Waals surface area contributed by atoms with Crippen LogP contribution in [0.25, 0.3) is 21.5 Å². The molecule has 0 fully saturated rings. The summed E-state index contributed by atoms with van der Waals surface area (Å²) in [7, 11) is 0. The summed E-state index contributed by atoms with van der Waals surface area (Å²) in [4.78, 5) is 0. The van der Waals surface area contributed by atoms with E-state index in [1.807, 2.05) is 48.5 Å². The third-order valence-corrected chi connectivity index (χ3v) is 4.26. The second-order valence-corrected chi connectivity index (χ2v) is 5.75. The third kappa shape index (κ3) is 2.70. The average Bonchev–Trinajstić information content (AvgIpc) is 2.59. The van der Waals surface area contributed by atoms with E-state index in [2.05, 4.69) is 0 Å². The molecule has 4 nitrogen and oxygen atoms in total. The Morgan fingerprint density at radius 1 is 0.625 bits per heavy atom. The van der Waals surface area contributed by atoms with Gasteiger partial charge < -0.3 is 21.0 Å². The Bertz CT molecular complexity index is 798. The molecule has 0 spiro atoms. The molecule has 0 saturated carbocycles. The molecule has 0 aliphatic heterocycles. The van der Waals surface area contributed by atoms with E-state index in [4.69, 9.17) is 10.8 Å². The molecule has 0 unspecified atom stereocenters. The lowest BCUT2D eigenvalue weighted by atomic mass is 9.87. The lowest BCUT2D eigenvalue weighted by molar-refractivity contribution is 0.306. The molecule has 24 heavy (non-hydrogen) atoms. The summed E-state index contributed by atoms with van der Waals surface area (Å²) in [6.07, 6.45) is 0.586. The van der Waals surface area contributed by atoms with Gasteiger partial charge in [0.2, 0.25) is 0 Å². The molecule has 0 aliphatic rings. The molecule has 4 heteroatoms. The van der Waals surface area contributed by atoms with Crippen LogP contribution in [-0.4, -0.2) is 34.9 Å². The van der Waals surface area contributed by atoms with Gasteiger partial charge in [-0.15, -0.1) is 0 Å². The van der Waals surface area contributed by atoms with Crippen molar-refractivity contribution in [1.29, 1.82) is 10.8 Å². The first-order chi connectivity index (χ1) is 11.7. The summed E-state index contributed by atoms with van der Waals surface area (Å²) in [5.41, 5.74) is 2.42. The molecular formula is C20H20N2O2. The van der Waals surface area contributed by atoms with E-state index in [-0.39, 0.29) is 13.2 Å². The molecule has 0 bridgehead atoms. The molecule has 3 rings (SSSR count). The Balaban J connectivity index is 2.46. The summed E-state index contributed by atoms with van der Waals surface area (Å²) >= 11 is 0. The van der Waals surface area contributed by atoms with E-state index in [9.17, 15) is 10.2 Å². The van der Waals surface area contributed by atoms with Crippen molar-refractivity contribution in [2.45, 2.75) is 12.8 Å². The molecule has 122 valence electrons. The monoisotopic (exact) mass is 320 g/mol. The van der Waals surface area contributed by atoms with Crippen molar-refractivity contribution < 1.29 is 10.2 Å². The van der Waals surface area contributed by atoms with Crippen LogP contribution in [0, 0.1) is 10.8 Å². The molecule has 3 aromatic rings. The van der Waals surface area contributed by atoms with Crippen LogP contribution in [0.2, 0.25) is 0 Å². The summed E-state index contributed by atoms with van der Waals surface area (Å²) in [6.45, 7) is -0.132. The van der Waals surface area contributed by atoms with E-state index in [1.54, 1.807) is 0 Å². The summed E-state index contributed by atoms with van der Waals surface area (Å²) in [5, 5.41) is 38.9. The predicted molar refractivity (Wildman–Crippen MR) is 98.5 cm³/mol. The first kappa shape index (κ1) is 16.3. The maximum Gasteiger partial charge on any atom is 0.0486 e. The van der Waals surface area contributed by atoms with Crippen molar-refractivity contribution in [3.8, 4) is 0 Å². The van der Waals surface area contributed by atoms with Crippen LogP contribution in [0.5, 0.6) is 0 Å². The highest BCUT2D eigenvalue weighted by Crippen LogP contribution is 2.34. The largest absolute Gasteiger partial charge is 0.396 e. The van der Waals surface area contributed by atoms with Gasteiger partial charge in [0.25, 0.3) is 0 Å². The molecule has 0 saturated heterocycles. The van der Waals surface area contributed by atoms with Crippen molar-refractivity contribution in [3.63, 3.8) is 0 Å². The van der Waals surface area contributed by atoms with Gasteiger partial charge in [-0.2, -0.15) is 0 Å². The molecular weight excluding hydrogens is 300 g/mol. The van der Waals surface area contributed by atoms with Crippen LogP contribution >= 0.6 is 0 Å². The normalized spacial score (nSPS) is 11.1. The van der Waals surface area contributed by atoms with Crippen molar-refractivity contribution in [2.24, 2.45) is 0 Å². The Morgan fingerprint density at radius 2 is 0.917 bits per heavy atom. The van der Waals surface area contributed by atoms with Crippen molar-refractivity contribution in [2.75, 3.05) is 13.2 Å². The van der Waals surface area contributed by atoms with Crippen LogP contribution in [0.4, 0.5) is 0 Å². The number of benzene rings is 3. The smallest absolute Gasteiger partial charge is 0.0486 e. The van der Waals surface area contributed by atoms with Gasteiger partial charge in [0.1, 0.15) is 0 Å². The first-order valence-electron chi connectivity index (χ1n) is 7.99. The number of hydrogen-bond donors (Lipinski definition) is 4. The van der Waals surface area contributed by atoms with Crippen molar-refractivity contribution in [1.82, 2.24) is 0 Å². The Hall–Kier alpha value is -2.56. The summed E-state index contributed by atoms with van der Waals surface area (Å²) in [6, 6.07) is 15.5. The van der Waals surface area contributed by atoms with Crippen molar-refractivity contribution in [3.05, 3.63) is 59.7 Å². The van der Waals surface area contributed by atoms with Gasteiger partial charge >= 0.3 is 0 Å². The standard InChI is InChI=1S/C20H20N2O2/c21-17(9-11-23)19-13-5-1-2-6-14(13)20(18(22)10-12-24)16-8-4-3-7-15(16)19/h1-8,21-24H,9-12H2. The number of fused-ring (bicyclic) bond motifs is 2. The van der Waals surface area contributed by atoms with Crippen LogP contribution in [-0.2, 0) is 0 Å². The zero-order valence-corrected chi connectivity index (χ0v) is 13.3. The van der Waals surface area contributed by atoms with Gasteiger partial charge in [-0.25, -0.2) is 0 Å². The number of aliphatic hydroxyl groups is 2. The van der Waals surface area contributed by atoms with E-state index >= 15 is 0 Å². The van der Waals surface area contributed by atoms with Crippen LogP contribution in [0.15, 0.2) is 48.5 Å². The SMILES string of the molecule is N=C(CCO)c1c2ccccc2c(C(=N)CCO)c2ccccc12. The number of rotatable bonds is 6. The lowest BCUT2D eigenvalue weighted by Gasteiger charge is -2.17. The van der Waals surface area contributed by atoms with E-state index in [1.165, 1.54) is 0 Å². The second-order valence-electron chi connectivity index (χ2n) is 5.75. The second kappa shape index (κ2) is 6.91. The van der Waals surface area contributed by atoms with Crippen LogP contribution < -0.4 is 0 Å². The molecule has 0 heterocycles. The van der Waals surface area contributed by atoms with Crippen LogP contribution in [0.1, 0.15) is 24.0 Å². The molecule has 0 radical (unpaired) electrons. The first-order valence-corrected chi connectivity index (χ1v) is 7.99. The third-order valence-electron chi connectivity index (χ3n) is 4.26. The van der Waals surface area contributed by atoms with Gasteiger partial charge in [0.15, 0.2) is 0 Å². The van der Waals surface area contributed by atoms with Gasteiger partial charge in [-0.05, 0) is 21.5 Å². The molecule has 4 N–H and O–H groups in total. The van der Waals surface area contributed by atoms with E-state index < -0.39 is 0 Å². The minimum atomic E-state index is -0.0659. The number of nitrogens with one attached hydrogen (secondary N) is 2. The number of aliphatic hydroxyl groups excluding tert-OH is 2. The zero-order valence-electron chi connectivity index (χ0n) is 13.3. The van der Waals surface area contributed by atoms with Crippen LogP contribution in [0.3, 0.4) is 0 Å². The Labute approximate surface area is 140 Å². The van der Waals surface area contributed by atoms with E-state index in [0.29, 0.717) is 24.3 Å². The Kier molecular flexibility index (Phi) is 4.69.